The number of carbonyl (C=O) groups is 1. The number of carboxylic acids is 1. The molecule has 0 bridgehead atoms. The second-order valence-corrected chi connectivity index (χ2v) is 10.5. The van der Waals surface area contributed by atoms with Crippen LogP contribution >= 0.6 is 27.3 Å². The average molecular weight is 508 g/mol. The number of aryl methyl sites for hydroxylation is 2. The number of aliphatic carboxylic acids is 1. The first kappa shape index (κ1) is 26.2. The van der Waals surface area contributed by atoms with Crippen molar-refractivity contribution in [3.63, 3.8) is 0 Å². The Morgan fingerprint density at radius 3 is 2.71 bits per heavy atom. The maximum atomic E-state index is 10.6. The Morgan fingerprint density at radius 1 is 1.35 bits per heavy atom. The fourth-order valence-corrected chi connectivity index (χ4v) is 6.00. The molecule has 5 atom stereocenters. The van der Waals surface area contributed by atoms with Gasteiger partial charge in [-0.2, -0.15) is 0 Å². The molecule has 1 heterocycles. The number of carboxylic acid groups (broad SMARTS) is 1. The van der Waals surface area contributed by atoms with Gasteiger partial charge in [0.05, 0.1) is 0 Å². The predicted octanol–water partition coefficient (Wildman–Crippen LogP) is 4.76. The summed E-state index contributed by atoms with van der Waals surface area (Å²) in [4.78, 5) is 13.1. The fourth-order valence-electron chi connectivity index (χ4n) is 4.30. The number of rotatable bonds is 12. The summed E-state index contributed by atoms with van der Waals surface area (Å²) >= 11 is 5.38. The summed E-state index contributed by atoms with van der Waals surface area (Å²) in [5.41, 5.74) is 1.26. The molecule has 1 aromatic rings. The van der Waals surface area contributed by atoms with E-state index in [0.717, 1.165) is 17.3 Å². The van der Waals surface area contributed by atoms with Gasteiger partial charge in [-0.1, -0.05) is 0 Å². The van der Waals surface area contributed by atoms with Gasteiger partial charge in [-0.3, -0.25) is 0 Å². The van der Waals surface area contributed by atoms with Gasteiger partial charge in [0.2, 0.25) is 0 Å². The van der Waals surface area contributed by atoms with Crippen LogP contribution in [0.4, 0.5) is 0 Å². The van der Waals surface area contributed by atoms with E-state index in [1.165, 1.54) is 15.3 Å². The van der Waals surface area contributed by atoms with Crippen LogP contribution in [0.5, 0.6) is 0 Å². The molecule has 1 aromatic heterocycles. The molecule has 0 spiro atoms. The third kappa shape index (κ3) is 7.81. The van der Waals surface area contributed by atoms with Crippen molar-refractivity contribution in [3.8, 4) is 0 Å². The molecule has 2 rings (SSSR count). The molecule has 0 amide bonds. The molecule has 169 valence electrons. The fraction of sp³-hybridized carbons (Fsp3) is 0.583. The number of thiophene rings is 1. The van der Waals surface area contributed by atoms with Crippen molar-refractivity contribution in [2.24, 2.45) is 17.8 Å². The summed E-state index contributed by atoms with van der Waals surface area (Å²) in [5, 5.41) is 29.7. The zero-order valence-corrected chi connectivity index (χ0v) is 20.7. The first-order valence-corrected chi connectivity index (χ1v) is 12.6. The monoisotopic (exact) mass is 507 g/mol. The second-order valence-electron chi connectivity index (χ2n) is 8.40. The molecule has 1 aliphatic carbocycles. The summed E-state index contributed by atoms with van der Waals surface area (Å²) < 4.78 is 1.16. The number of unbranched alkanes of at least 4 members (excludes halogenated alkanes) is 1. The number of hydrogen-bond acceptors (Lipinski definition) is 4. The summed E-state index contributed by atoms with van der Waals surface area (Å²) in [6.45, 7) is 4.20. The van der Waals surface area contributed by atoms with Gasteiger partial charge in [0.1, 0.15) is 0 Å². The summed E-state index contributed by atoms with van der Waals surface area (Å²) in [7, 11) is 5.84. The summed E-state index contributed by atoms with van der Waals surface area (Å²) in [6, 6.07) is 0. The van der Waals surface area contributed by atoms with Crippen LogP contribution in [0, 0.1) is 31.6 Å². The van der Waals surface area contributed by atoms with Gasteiger partial charge >= 0.3 is 200 Å². The molecule has 0 aromatic carbocycles. The molecule has 1 radical (unpaired) electrons. The molecule has 4 nitrogen and oxygen atoms in total. The Bertz CT molecular complexity index is 804. The van der Waals surface area contributed by atoms with Gasteiger partial charge in [0.15, 0.2) is 0 Å². The molecule has 7 heteroatoms. The van der Waals surface area contributed by atoms with Crippen LogP contribution < -0.4 is 0 Å². The molecular formula is C24H33BBrO4S. The van der Waals surface area contributed by atoms with Crippen molar-refractivity contribution in [2.75, 3.05) is 0 Å². The van der Waals surface area contributed by atoms with E-state index in [0.29, 0.717) is 25.7 Å². The van der Waals surface area contributed by atoms with E-state index in [2.05, 4.69) is 29.8 Å². The third-order valence-corrected chi connectivity index (χ3v) is 8.85. The molecule has 0 aliphatic heterocycles. The summed E-state index contributed by atoms with van der Waals surface area (Å²) in [5.74, 6) is 1.10. The molecule has 3 N–H and O–H groups in total. The third-order valence-electron chi connectivity index (χ3n) is 6.14. The van der Waals surface area contributed by atoms with Crippen molar-refractivity contribution < 1.29 is 20.1 Å². The van der Waals surface area contributed by atoms with Gasteiger partial charge in [-0.05, 0) is 0 Å². The van der Waals surface area contributed by atoms with Crippen LogP contribution in [0.3, 0.4) is 0 Å². The van der Waals surface area contributed by atoms with Gasteiger partial charge in [-0.15, -0.1) is 0 Å². The van der Waals surface area contributed by atoms with Crippen LogP contribution in [0.15, 0.2) is 28.8 Å². The van der Waals surface area contributed by atoms with Crippen LogP contribution in [-0.2, 0) is 11.2 Å². The summed E-state index contributed by atoms with van der Waals surface area (Å²) in [6.07, 6.45) is 11.3. The molecule has 1 fully saturated rings. The SMILES string of the molecule is [B]=C[C@@H]1CC(O)[C@H](C/C=C\CCCC(=O)O)[C@H]1/C=C/[C@@H](O)CCc1sc(C)c(Br)c1C. The van der Waals surface area contributed by atoms with Crippen molar-refractivity contribution >= 4 is 46.7 Å². The van der Waals surface area contributed by atoms with Crippen molar-refractivity contribution in [1.29, 1.82) is 0 Å². The molecule has 31 heavy (non-hydrogen) atoms. The number of aliphatic hydroxyl groups excluding tert-OH is 2. The molecule has 1 aliphatic rings. The van der Waals surface area contributed by atoms with E-state index in [9.17, 15) is 15.0 Å². The normalized spacial score (nSPS) is 24.9. The quantitative estimate of drug-likeness (QED) is 0.216. The predicted molar refractivity (Wildman–Crippen MR) is 133 cm³/mol. The molecule has 1 saturated carbocycles. The van der Waals surface area contributed by atoms with Crippen LogP contribution in [0.1, 0.15) is 53.8 Å². The Balaban J connectivity index is 1.92. The van der Waals surface area contributed by atoms with E-state index in [-0.39, 0.29) is 24.2 Å². The first-order valence-electron chi connectivity index (χ1n) is 10.9. The van der Waals surface area contributed by atoms with Crippen LogP contribution in [0.2, 0.25) is 0 Å². The number of aliphatic hydroxyl groups is 2. The minimum atomic E-state index is -0.776. The number of allylic oxidation sites excluding steroid dienone is 3. The standard InChI is InChI=1S/C24H33BBrO4S/c1-15-22(31-16(2)24(15)26)12-10-18(27)9-11-19-17(14-25)13-21(28)20(19)7-5-3-4-6-8-23(29)30/h3,5,9,11,14,17-21,27-28H,4,6-8,10,12-13H2,1-2H3,(H,29,30)/b5-3-,11-9+/t17-,18+,19-,20+,21?/m0/s1. The van der Waals surface area contributed by atoms with Crippen molar-refractivity contribution in [1.82, 2.24) is 0 Å². The minimum absolute atomic E-state index is 0.0436. The van der Waals surface area contributed by atoms with Gasteiger partial charge in [-0.25, -0.2) is 0 Å². The van der Waals surface area contributed by atoms with E-state index in [1.807, 2.05) is 24.3 Å². The zero-order chi connectivity index (χ0) is 23.0. The van der Waals surface area contributed by atoms with E-state index < -0.39 is 18.2 Å². The zero-order valence-electron chi connectivity index (χ0n) is 18.3. The topological polar surface area (TPSA) is 77.8 Å². The van der Waals surface area contributed by atoms with E-state index in [4.69, 9.17) is 12.6 Å². The van der Waals surface area contributed by atoms with Crippen molar-refractivity contribution in [2.45, 2.75) is 71.0 Å². The second kappa shape index (κ2) is 12.9. The Kier molecular flexibility index (Phi) is 10.9. The Morgan fingerprint density at radius 2 is 2.10 bits per heavy atom. The van der Waals surface area contributed by atoms with Gasteiger partial charge in [0.25, 0.3) is 0 Å². The number of halogens is 1. The molecule has 0 saturated heterocycles. The number of hydrogen-bond donors (Lipinski definition) is 3. The van der Waals surface area contributed by atoms with Crippen molar-refractivity contribution in [3.05, 3.63) is 44.1 Å². The van der Waals surface area contributed by atoms with Crippen LogP contribution in [-0.4, -0.2) is 47.0 Å². The Hall–Kier alpha value is -1.02. The maximum absolute atomic E-state index is 10.6. The van der Waals surface area contributed by atoms with Gasteiger partial charge in [0, 0.05) is 0 Å². The Labute approximate surface area is 199 Å². The van der Waals surface area contributed by atoms with Crippen LogP contribution in [0.25, 0.3) is 0 Å². The van der Waals surface area contributed by atoms with E-state index in [1.54, 1.807) is 17.3 Å². The van der Waals surface area contributed by atoms with E-state index >= 15 is 0 Å². The molecule has 1 unspecified atom stereocenters. The first-order chi connectivity index (χ1) is 14.7. The van der Waals surface area contributed by atoms with Gasteiger partial charge < -0.3 is 0 Å². The molecular weight excluding hydrogens is 475 g/mol. The average Bonchev–Trinajstić information content (AvgIpc) is 3.17.